The highest BCUT2D eigenvalue weighted by atomic mass is 127. The number of para-hydroxylation sites is 2. The van der Waals surface area contributed by atoms with E-state index in [0.29, 0.717) is 16.8 Å². The zero-order chi connectivity index (χ0) is 22.2. The van der Waals surface area contributed by atoms with Gasteiger partial charge in [-0.1, -0.05) is 41.6 Å². The number of rotatable bonds is 5. The second-order valence-electron chi connectivity index (χ2n) is 9.10. The maximum atomic E-state index is 12.9. The van der Waals surface area contributed by atoms with Crippen LogP contribution in [0.5, 0.6) is 0 Å². The van der Waals surface area contributed by atoms with Gasteiger partial charge in [0.1, 0.15) is 0 Å². The molecule has 0 radical (unpaired) electrons. The van der Waals surface area contributed by atoms with Crippen LogP contribution in [-0.2, 0) is 4.79 Å². The first kappa shape index (κ1) is 25.3. The molecule has 1 amide bonds. The lowest BCUT2D eigenvalue weighted by atomic mass is 10.0. The van der Waals surface area contributed by atoms with Gasteiger partial charge in [-0.3, -0.25) is 4.79 Å². The van der Waals surface area contributed by atoms with Crippen LogP contribution in [0, 0.1) is 6.92 Å². The van der Waals surface area contributed by atoms with Crippen molar-refractivity contribution >= 4 is 46.0 Å². The molecule has 0 spiro atoms. The summed E-state index contributed by atoms with van der Waals surface area (Å²) in [6.45, 7) is 6.19. The molecular formula is C24H30ClIN4OS. The van der Waals surface area contributed by atoms with E-state index < -0.39 is 0 Å². The monoisotopic (exact) mass is 584 g/mol. The number of carbonyl (C=O) groups is 1. The first-order chi connectivity index (χ1) is 14.7. The summed E-state index contributed by atoms with van der Waals surface area (Å²) in [7, 11) is 4.58. The van der Waals surface area contributed by atoms with Crippen molar-refractivity contribution in [3.8, 4) is 0 Å². The summed E-state index contributed by atoms with van der Waals surface area (Å²) in [5.74, 6) is -0.0733. The summed E-state index contributed by atoms with van der Waals surface area (Å²) in [5, 5.41) is 4.14. The van der Waals surface area contributed by atoms with Crippen molar-refractivity contribution in [2.75, 3.05) is 32.5 Å². The molecular weight excluding hydrogens is 555 g/mol. The van der Waals surface area contributed by atoms with Crippen LogP contribution in [0.1, 0.15) is 31.4 Å². The van der Waals surface area contributed by atoms with Crippen molar-refractivity contribution in [3.63, 3.8) is 0 Å². The van der Waals surface area contributed by atoms with Gasteiger partial charge >= 0.3 is 0 Å². The molecule has 32 heavy (non-hydrogen) atoms. The Hall–Kier alpha value is -1.29. The number of amides is 1. The van der Waals surface area contributed by atoms with Gasteiger partial charge < -0.3 is 38.3 Å². The summed E-state index contributed by atoms with van der Waals surface area (Å²) >= 11 is 7.82. The third-order valence-corrected chi connectivity index (χ3v) is 7.48. The third-order valence-electron chi connectivity index (χ3n) is 6.10. The normalized spacial score (nSPS) is 17.0. The first-order valence-electron chi connectivity index (χ1n) is 10.8. The minimum atomic E-state index is -0.302. The molecule has 3 aromatic rings. The van der Waals surface area contributed by atoms with Crippen molar-refractivity contribution in [2.24, 2.45) is 0 Å². The van der Waals surface area contributed by atoms with E-state index in [1.54, 1.807) is 0 Å². The Balaban J connectivity index is 0.00000289. The van der Waals surface area contributed by atoms with Crippen LogP contribution in [0.25, 0.3) is 11.0 Å². The van der Waals surface area contributed by atoms with Gasteiger partial charge in [0.2, 0.25) is 5.91 Å². The minimum Gasteiger partial charge on any atom is -1.00 e. The van der Waals surface area contributed by atoms with Crippen molar-refractivity contribution in [1.82, 2.24) is 9.55 Å². The minimum absolute atomic E-state index is 0. The third kappa shape index (κ3) is 5.61. The van der Waals surface area contributed by atoms with Crippen LogP contribution < -0.4 is 29.3 Å². The van der Waals surface area contributed by atoms with E-state index in [1.807, 2.05) is 38.1 Å². The molecule has 5 nitrogen and oxygen atoms in total. The highest BCUT2D eigenvalue weighted by molar-refractivity contribution is 8.00. The van der Waals surface area contributed by atoms with E-state index in [4.69, 9.17) is 16.6 Å². The molecule has 1 aliphatic heterocycles. The van der Waals surface area contributed by atoms with E-state index in [-0.39, 0.29) is 35.1 Å². The Kier molecular flexibility index (Phi) is 8.17. The van der Waals surface area contributed by atoms with Crippen LogP contribution in [0.3, 0.4) is 0 Å². The number of quaternary nitrogens is 1. The average Bonchev–Trinajstić information content (AvgIpc) is 3.08. The number of piperidine rings is 1. The fraction of sp³-hybridized carbons (Fsp3) is 0.417. The number of aromatic nitrogens is 2. The summed E-state index contributed by atoms with van der Waals surface area (Å²) in [6, 6.07) is 14.3. The summed E-state index contributed by atoms with van der Waals surface area (Å²) in [4.78, 5) is 17.8. The largest absolute Gasteiger partial charge is 1.00 e. The number of hydrogen-bond acceptors (Lipinski definition) is 3. The van der Waals surface area contributed by atoms with Crippen molar-refractivity contribution in [1.29, 1.82) is 0 Å². The van der Waals surface area contributed by atoms with E-state index >= 15 is 0 Å². The number of nitrogens with one attached hydrogen (secondary N) is 1. The standard InChI is InChI=1S/C24H29ClN4OS.HI/c1-16-9-10-20(19(25)15-16)26-23(30)17(2)31-24-27-21-7-5-6-8-22(21)28(24)18-11-13-29(3,4)14-12-18;/h5-10,15,17-18H,11-14H2,1-4H3;1H. The topological polar surface area (TPSA) is 46.9 Å². The van der Waals surface area contributed by atoms with Gasteiger partial charge in [0.15, 0.2) is 5.16 Å². The van der Waals surface area contributed by atoms with E-state index in [9.17, 15) is 4.79 Å². The summed E-state index contributed by atoms with van der Waals surface area (Å²) < 4.78 is 3.42. The fourth-order valence-electron chi connectivity index (χ4n) is 4.14. The van der Waals surface area contributed by atoms with Crippen molar-refractivity contribution in [3.05, 3.63) is 53.1 Å². The zero-order valence-corrected chi connectivity index (χ0v) is 22.7. The Morgan fingerprint density at radius 3 is 2.59 bits per heavy atom. The number of likely N-dealkylation sites (tertiary alicyclic amines) is 1. The lowest BCUT2D eigenvalue weighted by Crippen LogP contribution is -3.00. The van der Waals surface area contributed by atoms with Gasteiger partial charge in [-0.15, -0.1) is 0 Å². The molecule has 0 saturated carbocycles. The summed E-state index contributed by atoms with van der Waals surface area (Å²) in [6.07, 6.45) is 2.22. The molecule has 0 bridgehead atoms. The number of nitrogens with zero attached hydrogens (tertiary/aromatic N) is 3. The number of halogens is 2. The quantitative estimate of drug-likeness (QED) is 0.285. The number of fused-ring (bicyclic) bond motifs is 1. The maximum absolute atomic E-state index is 12.9. The number of imidazole rings is 1. The number of benzene rings is 2. The molecule has 172 valence electrons. The summed E-state index contributed by atoms with van der Waals surface area (Å²) in [5.41, 5.74) is 3.84. The van der Waals surface area contributed by atoms with Gasteiger partial charge in [0, 0.05) is 18.9 Å². The molecule has 1 N–H and O–H groups in total. The van der Waals surface area contributed by atoms with Gasteiger partial charge in [-0.2, -0.15) is 0 Å². The molecule has 1 aliphatic rings. The number of hydrogen-bond donors (Lipinski definition) is 1. The van der Waals surface area contributed by atoms with Gasteiger partial charge in [0.05, 0.1) is 54.2 Å². The molecule has 1 unspecified atom stereocenters. The molecule has 1 aromatic heterocycles. The smallest absolute Gasteiger partial charge is 0.237 e. The molecule has 2 heterocycles. The molecule has 1 atom stereocenters. The van der Waals surface area contributed by atoms with E-state index in [2.05, 4.69) is 42.2 Å². The van der Waals surface area contributed by atoms with Gasteiger partial charge in [0.25, 0.3) is 0 Å². The highest BCUT2D eigenvalue weighted by Gasteiger charge is 2.30. The number of aryl methyl sites for hydroxylation is 1. The van der Waals surface area contributed by atoms with Crippen molar-refractivity contribution < 1.29 is 33.3 Å². The van der Waals surface area contributed by atoms with Crippen LogP contribution in [0.15, 0.2) is 47.6 Å². The lowest BCUT2D eigenvalue weighted by Gasteiger charge is -2.38. The first-order valence-corrected chi connectivity index (χ1v) is 12.0. The Morgan fingerprint density at radius 1 is 1.22 bits per heavy atom. The second-order valence-corrected chi connectivity index (χ2v) is 10.8. The van der Waals surface area contributed by atoms with E-state index in [1.165, 1.54) is 11.8 Å². The van der Waals surface area contributed by atoms with Crippen LogP contribution in [-0.4, -0.2) is 52.4 Å². The molecule has 4 rings (SSSR count). The maximum Gasteiger partial charge on any atom is 0.237 e. The molecule has 0 aliphatic carbocycles. The number of anilines is 1. The highest BCUT2D eigenvalue weighted by Crippen LogP contribution is 2.35. The predicted molar refractivity (Wildman–Crippen MR) is 130 cm³/mol. The average molecular weight is 585 g/mol. The predicted octanol–water partition coefficient (Wildman–Crippen LogP) is 2.53. The number of carbonyl (C=O) groups excluding carboxylic acids is 1. The number of thioether (sulfide) groups is 1. The molecule has 8 heteroatoms. The van der Waals surface area contributed by atoms with Crippen molar-refractivity contribution in [2.45, 2.75) is 43.1 Å². The Morgan fingerprint density at radius 2 is 1.91 bits per heavy atom. The molecule has 1 fully saturated rings. The Bertz CT molecular complexity index is 1110. The van der Waals surface area contributed by atoms with Gasteiger partial charge in [-0.25, -0.2) is 4.98 Å². The SMILES string of the molecule is Cc1ccc(NC(=O)C(C)Sc2nc3ccccc3n2C2CC[N+](C)(C)CC2)c(Cl)c1.[I-]. The lowest BCUT2D eigenvalue weighted by molar-refractivity contribution is -0.895. The molecule has 1 saturated heterocycles. The van der Waals surface area contributed by atoms with Gasteiger partial charge in [-0.05, 0) is 43.7 Å². The van der Waals surface area contributed by atoms with Crippen LogP contribution in [0.4, 0.5) is 5.69 Å². The van der Waals surface area contributed by atoms with Crippen LogP contribution >= 0.6 is 23.4 Å². The Labute approximate surface area is 216 Å². The van der Waals surface area contributed by atoms with E-state index in [0.717, 1.165) is 52.2 Å². The fourth-order valence-corrected chi connectivity index (χ4v) is 5.41. The molecule has 2 aromatic carbocycles. The second kappa shape index (κ2) is 10.3. The zero-order valence-electron chi connectivity index (χ0n) is 18.9. The van der Waals surface area contributed by atoms with Crippen LogP contribution in [0.2, 0.25) is 5.02 Å².